The molecule has 1 aromatic heterocycles. The molecule has 6 heteroatoms. The smallest absolute Gasteiger partial charge is 0.241 e. The minimum atomic E-state index is -0.292. The number of rotatable bonds is 5. The average Bonchev–Trinajstić information content (AvgIpc) is 2.81. The standard InChI is InChI=1S/C18H23N5O/c1-12-17(13(2)23(5)21-12)20-18(24)14(3)22(4)11-16-8-6-15(10-19)7-9-16/h6-9,14H,11H2,1-5H3,(H,20,24). The molecule has 1 N–H and O–H groups in total. The van der Waals surface area contributed by atoms with E-state index in [0.29, 0.717) is 12.1 Å². The van der Waals surface area contributed by atoms with E-state index in [4.69, 9.17) is 5.26 Å². The van der Waals surface area contributed by atoms with Crippen molar-refractivity contribution in [1.29, 1.82) is 5.26 Å². The molecule has 0 fully saturated rings. The number of hydrogen-bond donors (Lipinski definition) is 1. The van der Waals surface area contributed by atoms with Gasteiger partial charge in [0.05, 0.1) is 34.7 Å². The maximum Gasteiger partial charge on any atom is 0.241 e. The Kier molecular flexibility index (Phi) is 5.37. The second-order valence-electron chi connectivity index (χ2n) is 6.06. The highest BCUT2D eigenvalue weighted by Gasteiger charge is 2.21. The maximum atomic E-state index is 12.5. The molecular formula is C18H23N5O. The molecule has 1 atom stereocenters. The molecule has 0 saturated carbocycles. The molecule has 24 heavy (non-hydrogen) atoms. The van der Waals surface area contributed by atoms with Crippen LogP contribution in [-0.4, -0.2) is 33.7 Å². The summed E-state index contributed by atoms with van der Waals surface area (Å²) in [5.74, 6) is -0.0645. The van der Waals surface area contributed by atoms with Crippen LogP contribution in [0.3, 0.4) is 0 Å². The van der Waals surface area contributed by atoms with E-state index in [-0.39, 0.29) is 11.9 Å². The zero-order valence-corrected chi connectivity index (χ0v) is 14.8. The van der Waals surface area contributed by atoms with E-state index in [2.05, 4.69) is 16.5 Å². The van der Waals surface area contributed by atoms with E-state index in [1.165, 1.54) is 0 Å². The number of nitrogens with one attached hydrogen (secondary N) is 1. The summed E-state index contributed by atoms with van der Waals surface area (Å²) in [7, 11) is 3.77. The van der Waals surface area contributed by atoms with Gasteiger partial charge in [0.2, 0.25) is 5.91 Å². The molecule has 0 aliphatic heterocycles. The number of carbonyl (C=O) groups is 1. The summed E-state index contributed by atoms with van der Waals surface area (Å²) in [5, 5.41) is 16.1. The van der Waals surface area contributed by atoms with Crippen LogP contribution in [-0.2, 0) is 18.4 Å². The van der Waals surface area contributed by atoms with Gasteiger partial charge in [0.15, 0.2) is 0 Å². The molecule has 1 amide bonds. The Morgan fingerprint density at radius 3 is 2.50 bits per heavy atom. The average molecular weight is 325 g/mol. The van der Waals surface area contributed by atoms with E-state index < -0.39 is 0 Å². The van der Waals surface area contributed by atoms with Gasteiger partial charge >= 0.3 is 0 Å². The van der Waals surface area contributed by atoms with Crippen LogP contribution in [0.5, 0.6) is 0 Å². The summed E-state index contributed by atoms with van der Waals surface area (Å²) < 4.78 is 1.76. The lowest BCUT2D eigenvalue weighted by Gasteiger charge is -2.24. The minimum Gasteiger partial charge on any atom is -0.322 e. The van der Waals surface area contributed by atoms with Crippen LogP contribution in [0, 0.1) is 25.2 Å². The van der Waals surface area contributed by atoms with Crippen molar-refractivity contribution < 1.29 is 4.79 Å². The molecule has 0 radical (unpaired) electrons. The molecule has 0 saturated heterocycles. The monoisotopic (exact) mass is 325 g/mol. The number of carbonyl (C=O) groups excluding carboxylic acids is 1. The Morgan fingerprint density at radius 1 is 1.38 bits per heavy atom. The first-order chi connectivity index (χ1) is 11.3. The molecule has 0 aliphatic carbocycles. The van der Waals surface area contributed by atoms with Gasteiger partial charge < -0.3 is 5.32 Å². The molecule has 6 nitrogen and oxygen atoms in total. The molecule has 0 spiro atoms. The highest BCUT2D eigenvalue weighted by molar-refractivity contribution is 5.95. The predicted molar refractivity (Wildman–Crippen MR) is 93.4 cm³/mol. The lowest BCUT2D eigenvalue weighted by molar-refractivity contribution is -0.120. The molecule has 2 aromatic rings. The summed E-state index contributed by atoms with van der Waals surface area (Å²) >= 11 is 0. The van der Waals surface area contributed by atoms with Crippen molar-refractivity contribution in [2.24, 2.45) is 7.05 Å². The molecular weight excluding hydrogens is 302 g/mol. The minimum absolute atomic E-state index is 0.0645. The summed E-state index contributed by atoms with van der Waals surface area (Å²) in [6.07, 6.45) is 0. The van der Waals surface area contributed by atoms with E-state index in [9.17, 15) is 4.79 Å². The first kappa shape index (κ1) is 17.7. The van der Waals surface area contributed by atoms with Gasteiger partial charge in [-0.3, -0.25) is 14.4 Å². The number of nitrogens with zero attached hydrogens (tertiary/aromatic N) is 4. The lowest BCUT2D eigenvalue weighted by atomic mass is 10.1. The van der Waals surface area contributed by atoms with Crippen LogP contribution in [0.25, 0.3) is 0 Å². The third-order valence-electron chi connectivity index (χ3n) is 4.31. The van der Waals surface area contributed by atoms with Crippen LogP contribution in [0.15, 0.2) is 24.3 Å². The second kappa shape index (κ2) is 7.28. The molecule has 1 heterocycles. The Bertz CT molecular complexity index is 770. The van der Waals surface area contributed by atoms with Crippen LogP contribution in [0.2, 0.25) is 0 Å². The Hall–Kier alpha value is -2.65. The lowest BCUT2D eigenvalue weighted by Crippen LogP contribution is -2.39. The van der Waals surface area contributed by atoms with E-state index >= 15 is 0 Å². The first-order valence-corrected chi connectivity index (χ1v) is 7.83. The molecule has 1 unspecified atom stereocenters. The quantitative estimate of drug-likeness (QED) is 0.916. The third-order valence-corrected chi connectivity index (χ3v) is 4.31. The number of anilines is 1. The first-order valence-electron chi connectivity index (χ1n) is 7.83. The van der Waals surface area contributed by atoms with Gasteiger partial charge in [0, 0.05) is 13.6 Å². The van der Waals surface area contributed by atoms with Crippen molar-refractivity contribution in [3.05, 3.63) is 46.8 Å². The van der Waals surface area contributed by atoms with Crippen molar-refractivity contribution in [2.45, 2.75) is 33.4 Å². The van der Waals surface area contributed by atoms with Crippen molar-refractivity contribution in [3.8, 4) is 6.07 Å². The van der Waals surface area contributed by atoms with Crippen LogP contribution in [0.1, 0.15) is 29.4 Å². The van der Waals surface area contributed by atoms with Crippen LogP contribution >= 0.6 is 0 Å². The van der Waals surface area contributed by atoms with Crippen molar-refractivity contribution in [1.82, 2.24) is 14.7 Å². The van der Waals surface area contributed by atoms with Crippen molar-refractivity contribution in [3.63, 3.8) is 0 Å². The fourth-order valence-electron chi connectivity index (χ4n) is 2.49. The number of hydrogen-bond acceptors (Lipinski definition) is 4. The SMILES string of the molecule is Cc1nn(C)c(C)c1NC(=O)C(C)N(C)Cc1ccc(C#N)cc1. The number of nitriles is 1. The zero-order valence-electron chi connectivity index (χ0n) is 14.8. The second-order valence-corrected chi connectivity index (χ2v) is 6.06. The molecule has 0 bridgehead atoms. The number of aryl methyl sites for hydroxylation is 2. The third kappa shape index (κ3) is 3.81. The maximum absolute atomic E-state index is 12.5. The van der Waals surface area contributed by atoms with Gasteiger partial charge in [-0.2, -0.15) is 10.4 Å². The van der Waals surface area contributed by atoms with Crippen molar-refractivity contribution >= 4 is 11.6 Å². The summed E-state index contributed by atoms with van der Waals surface area (Å²) in [6, 6.07) is 9.21. The number of amides is 1. The summed E-state index contributed by atoms with van der Waals surface area (Å²) in [5.41, 5.74) is 4.22. The normalized spacial score (nSPS) is 12.0. The Balaban J connectivity index is 2.02. The van der Waals surface area contributed by atoms with Gasteiger partial charge in [0.1, 0.15) is 0 Å². The van der Waals surface area contributed by atoms with Crippen molar-refractivity contribution in [2.75, 3.05) is 12.4 Å². The van der Waals surface area contributed by atoms with Gasteiger partial charge in [-0.1, -0.05) is 12.1 Å². The summed E-state index contributed by atoms with van der Waals surface area (Å²) in [6.45, 7) is 6.32. The summed E-state index contributed by atoms with van der Waals surface area (Å²) in [4.78, 5) is 14.5. The zero-order chi connectivity index (χ0) is 17.9. The van der Waals surface area contributed by atoms with Gasteiger partial charge in [0.25, 0.3) is 0 Å². The highest BCUT2D eigenvalue weighted by Crippen LogP contribution is 2.19. The van der Waals surface area contributed by atoms with E-state index in [1.807, 2.05) is 51.9 Å². The molecule has 2 rings (SSSR count). The highest BCUT2D eigenvalue weighted by atomic mass is 16.2. The van der Waals surface area contributed by atoms with Crippen LogP contribution < -0.4 is 5.32 Å². The van der Waals surface area contributed by atoms with E-state index in [0.717, 1.165) is 22.6 Å². The molecule has 126 valence electrons. The number of aromatic nitrogens is 2. The number of benzene rings is 1. The van der Waals surface area contributed by atoms with Crippen LogP contribution in [0.4, 0.5) is 5.69 Å². The Labute approximate surface area is 142 Å². The van der Waals surface area contributed by atoms with Gasteiger partial charge in [-0.05, 0) is 45.5 Å². The van der Waals surface area contributed by atoms with E-state index in [1.54, 1.807) is 16.8 Å². The number of likely N-dealkylation sites (N-methyl/N-ethyl adjacent to an activating group) is 1. The van der Waals surface area contributed by atoms with Gasteiger partial charge in [-0.25, -0.2) is 0 Å². The fraction of sp³-hybridized carbons (Fsp3) is 0.389. The molecule has 1 aromatic carbocycles. The Morgan fingerprint density at radius 2 is 2.00 bits per heavy atom. The predicted octanol–water partition coefficient (Wildman–Crippen LogP) is 2.37. The fourth-order valence-corrected chi connectivity index (χ4v) is 2.49. The largest absolute Gasteiger partial charge is 0.322 e. The topological polar surface area (TPSA) is 74.0 Å². The molecule has 0 aliphatic rings. The van der Waals surface area contributed by atoms with Gasteiger partial charge in [-0.15, -0.1) is 0 Å².